The number of hydrogen-bond donors (Lipinski definition) is 2. The number of nitriles is 1. The highest BCUT2D eigenvalue weighted by Crippen LogP contribution is 2.71. The third-order valence-corrected chi connectivity index (χ3v) is 9.51. The topological polar surface area (TPSA) is 98.8 Å². The zero-order valence-corrected chi connectivity index (χ0v) is 22.6. The van der Waals surface area contributed by atoms with E-state index in [1.807, 2.05) is 17.1 Å². The fourth-order valence-corrected chi connectivity index (χ4v) is 7.67. The number of piperidine rings is 1. The second kappa shape index (κ2) is 9.37. The highest BCUT2D eigenvalue weighted by molar-refractivity contribution is 5.58. The van der Waals surface area contributed by atoms with Crippen molar-refractivity contribution in [3.8, 4) is 17.6 Å². The normalized spacial score (nSPS) is 36.0. The Morgan fingerprint density at radius 3 is 2.52 bits per heavy atom. The molecule has 1 aromatic heterocycles. The summed E-state index contributed by atoms with van der Waals surface area (Å²) in [4.78, 5) is 6.22. The first kappa shape index (κ1) is 26.9. The van der Waals surface area contributed by atoms with Gasteiger partial charge in [-0.15, -0.1) is 0 Å². The molecule has 2 aliphatic heterocycles. The lowest BCUT2D eigenvalue weighted by molar-refractivity contribution is -0.165. The molecule has 1 saturated heterocycles. The molecule has 2 N–H and O–H groups in total. The number of likely N-dealkylation sites (tertiary alicyclic amines) is 1. The van der Waals surface area contributed by atoms with Gasteiger partial charge in [0, 0.05) is 44.3 Å². The SMILES string of the molecule is COc1cncc2c1[C@]1(O)[C@H](O)[C@H](CN3CCC(F)(F)CC3)[C@@H](C3(C)C=CC=CC3)[C@]1(c1ccc(C#N)cc1)O2. The molecule has 0 bridgehead atoms. The number of aliphatic hydroxyl groups excluding tert-OH is 1. The van der Waals surface area contributed by atoms with Crippen LogP contribution in [-0.2, 0) is 11.2 Å². The first-order valence-corrected chi connectivity index (χ1v) is 13.7. The van der Waals surface area contributed by atoms with Crippen LogP contribution in [0.1, 0.15) is 42.9 Å². The Balaban J connectivity index is 1.57. The molecule has 4 aliphatic rings. The van der Waals surface area contributed by atoms with E-state index in [0.29, 0.717) is 35.4 Å². The van der Waals surface area contributed by atoms with E-state index in [4.69, 9.17) is 9.47 Å². The Morgan fingerprint density at radius 2 is 1.90 bits per heavy atom. The maximum absolute atomic E-state index is 14.0. The van der Waals surface area contributed by atoms with Crippen molar-refractivity contribution in [2.45, 2.75) is 49.4 Å². The van der Waals surface area contributed by atoms with Crippen LogP contribution in [0, 0.1) is 28.6 Å². The standard InChI is InChI=1S/C31H33F2N3O4/c1-28(10-4-3-5-11-28)26-22(19-36-14-12-29(32,33)13-15-36)27(37)30(38)25-23(39-2)17-35-18-24(25)40-31(26,30)21-8-6-20(16-34)7-9-21/h3-10,17-18,22,26-27,37-38H,11-15,19H2,1-2H3/t22-,26+,27-,28?,30+,31+/m1/s1. The number of nitrogens with zero attached hydrogens (tertiary/aromatic N) is 3. The molecule has 3 heterocycles. The van der Waals surface area contributed by atoms with E-state index in [1.165, 1.54) is 19.5 Å². The van der Waals surface area contributed by atoms with Crippen molar-refractivity contribution in [1.29, 1.82) is 5.26 Å². The van der Waals surface area contributed by atoms with Gasteiger partial charge in [-0.05, 0) is 29.5 Å². The van der Waals surface area contributed by atoms with Gasteiger partial charge >= 0.3 is 0 Å². The number of benzene rings is 1. The van der Waals surface area contributed by atoms with Gasteiger partial charge in [0.2, 0.25) is 0 Å². The summed E-state index contributed by atoms with van der Waals surface area (Å²) in [5.41, 5.74) is -2.66. The Morgan fingerprint density at radius 1 is 1.18 bits per heavy atom. The number of pyridine rings is 1. The van der Waals surface area contributed by atoms with Gasteiger partial charge in [0.15, 0.2) is 11.2 Å². The van der Waals surface area contributed by atoms with E-state index in [0.717, 1.165) is 0 Å². The van der Waals surface area contributed by atoms with Gasteiger partial charge in [-0.1, -0.05) is 43.4 Å². The third-order valence-electron chi connectivity index (χ3n) is 9.51. The second-order valence-electron chi connectivity index (χ2n) is 11.7. The Kier molecular flexibility index (Phi) is 6.30. The Hall–Kier alpha value is -3.32. The molecule has 6 rings (SSSR count). The first-order valence-electron chi connectivity index (χ1n) is 13.7. The number of allylic oxidation sites excluding steroid dienone is 4. The van der Waals surface area contributed by atoms with Crippen molar-refractivity contribution in [2.24, 2.45) is 17.3 Å². The molecule has 6 atom stereocenters. The number of fused-ring (bicyclic) bond motifs is 3. The molecular weight excluding hydrogens is 516 g/mol. The number of halogens is 2. The smallest absolute Gasteiger partial charge is 0.250 e. The van der Waals surface area contributed by atoms with Gasteiger partial charge in [0.05, 0.1) is 42.8 Å². The summed E-state index contributed by atoms with van der Waals surface area (Å²) < 4.78 is 40.6. The quantitative estimate of drug-likeness (QED) is 0.574. The van der Waals surface area contributed by atoms with E-state index < -0.39 is 40.5 Å². The van der Waals surface area contributed by atoms with Crippen LogP contribution in [0.5, 0.6) is 11.5 Å². The molecule has 1 saturated carbocycles. The molecule has 0 amide bonds. The van der Waals surface area contributed by atoms with Crippen LogP contribution in [0.15, 0.2) is 61.0 Å². The number of alkyl halides is 2. The number of aromatic nitrogens is 1. The number of ether oxygens (including phenoxy) is 2. The molecule has 9 heteroatoms. The lowest BCUT2D eigenvalue weighted by Gasteiger charge is -2.48. The molecule has 1 unspecified atom stereocenters. The van der Waals surface area contributed by atoms with Gasteiger partial charge in [-0.3, -0.25) is 4.98 Å². The first-order chi connectivity index (χ1) is 19.1. The summed E-state index contributed by atoms with van der Waals surface area (Å²) in [6, 6.07) is 9.02. The summed E-state index contributed by atoms with van der Waals surface area (Å²) in [5, 5.41) is 34.7. The van der Waals surface area contributed by atoms with Crippen LogP contribution in [-0.4, -0.2) is 58.9 Å². The molecule has 7 nitrogen and oxygen atoms in total. The lowest BCUT2D eigenvalue weighted by Crippen LogP contribution is -2.55. The predicted octanol–water partition coefficient (Wildman–Crippen LogP) is 4.30. The summed E-state index contributed by atoms with van der Waals surface area (Å²) in [6.45, 7) is 2.78. The summed E-state index contributed by atoms with van der Waals surface area (Å²) in [5.74, 6) is -3.16. The molecule has 0 spiro atoms. The Labute approximate surface area is 232 Å². The second-order valence-corrected chi connectivity index (χ2v) is 11.7. The Bertz CT molecular complexity index is 1400. The van der Waals surface area contributed by atoms with Crippen molar-refractivity contribution in [3.63, 3.8) is 0 Å². The highest BCUT2D eigenvalue weighted by Gasteiger charge is 2.78. The van der Waals surface area contributed by atoms with Crippen LogP contribution < -0.4 is 9.47 Å². The number of hydrogen-bond acceptors (Lipinski definition) is 7. The third kappa shape index (κ3) is 3.73. The monoisotopic (exact) mass is 549 g/mol. The average Bonchev–Trinajstić information content (AvgIpc) is 3.33. The van der Waals surface area contributed by atoms with Crippen molar-refractivity contribution < 1.29 is 28.5 Å². The molecular formula is C31H33F2N3O4. The van der Waals surface area contributed by atoms with Gasteiger partial charge in [-0.2, -0.15) is 5.26 Å². The van der Waals surface area contributed by atoms with Crippen LogP contribution in [0.2, 0.25) is 0 Å². The number of aliphatic hydroxyl groups is 2. The predicted molar refractivity (Wildman–Crippen MR) is 143 cm³/mol. The van der Waals surface area contributed by atoms with Crippen molar-refractivity contribution in [1.82, 2.24) is 9.88 Å². The van der Waals surface area contributed by atoms with Crippen LogP contribution in [0.4, 0.5) is 8.78 Å². The highest BCUT2D eigenvalue weighted by atomic mass is 19.3. The minimum Gasteiger partial charge on any atom is -0.495 e. The molecule has 2 aromatic rings. The van der Waals surface area contributed by atoms with Crippen LogP contribution in [0.25, 0.3) is 0 Å². The van der Waals surface area contributed by atoms with Crippen molar-refractivity contribution in [2.75, 3.05) is 26.7 Å². The van der Waals surface area contributed by atoms with Gasteiger partial charge < -0.3 is 24.6 Å². The summed E-state index contributed by atoms with van der Waals surface area (Å²) in [7, 11) is 1.47. The van der Waals surface area contributed by atoms with E-state index in [2.05, 4.69) is 30.1 Å². The molecule has 210 valence electrons. The average molecular weight is 550 g/mol. The minimum atomic E-state index is -2.70. The van der Waals surface area contributed by atoms with Gasteiger partial charge in [0.25, 0.3) is 5.92 Å². The lowest BCUT2D eigenvalue weighted by atomic mass is 9.60. The maximum atomic E-state index is 14.0. The number of rotatable bonds is 5. The van der Waals surface area contributed by atoms with Gasteiger partial charge in [0.1, 0.15) is 11.5 Å². The minimum absolute atomic E-state index is 0.197. The number of methoxy groups -OCH3 is 1. The zero-order valence-electron chi connectivity index (χ0n) is 22.6. The van der Waals surface area contributed by atoms with E-state index in [1.54, 1.807) is 24.3 Å². The van der Waals surface area contributed by atoms with Crippen molar-refractivity contribution >= 4 is 0 Å². The molecule has 0 radical (unpaired) electrons. The largest absolute Gasteiger partial charge is 0.495 e. The maximum Gasteiger partial charge on any atom is 0.250 e. The van der Waals surface area contributed by atoms with Crippen LogP contribution >= 0.6 is 0 Å². The fourth-order valence-electron chi connectivity index (χ4n) is 7.67. The fraction of sp³-hybridized carbons (Fsp3) is 0.484. The summed E-state index contributed by atoms with van der Waals surface area (Å²) >= 11 is 0. The molecule has 1 aromatic carbocycles. The molecule has 40 heavy (non-hydrogen) atoms. The molecule has 2 fully saturated rings. The molecule has 2 aliphatic carbocycles. The van der Waals surface area contributed by atoms with E-state index in [-0.39, 0.29) is 31.7 Å². The van der Waals surface area contributed by atoms with E-state index in [9.17, 15) is 24.3 Å². The van der Waals surface area contributed by atoms with Gasteiger partial charge in [-0.25, -0.2) is 8.78 Å². The zero-order chi connectivity index (χ0) is 28.3. The van der Waals surface area contributed by atoms with Crippen LogP contribution in [0.3, 0.4) is 0 Å². The summed E-state index contributed by atoms with van der Waals surface area (Å²) in [6.07, 6.45) is 9.87. The van der Waals surface area contributed by atoms with Crippen molar-refractivity contribution in [3.05, 3.63) is 77.7 Å². The van der Waals surface area contributed by atoms with E-state index >= 15 is 0 Å².